The summed E-state index contributed by atoms with van der Waals surface area (Å²) in [5.74, 6) is 1.19. The number of hydrogen-bond donors (Lipinski definition) is 2. The first-order valence-corrected chi connectivity index (χ1v) is 7.71. The van der Waals surface area contributed by atoms with Crippen molar-refractivity contribution in [1.82, 2.24) is 15.2 Å². The molecule has 2 aromatic rings. The maximum Gasteiger partial charge on any atom is 0.244 e. The number of benzene rings is 1. The molecule has 1 aromatic heterocycles. The molecular formula is C15H18ClN5O. The van der Waals surface area contributed by atoms with Crippen molar-refractivity contribution in [2.45, 2.75) is 25.5 Å². The summed E-state index contributed by atoms with van der Waals surface area (Å²) >= 11 is 5.86. The van der Waals surface area contributed by atoms with Crippen LogP contribution in [0.1, 0.15) is 18.4 Å². The lowest BCUT2D eigenvalue weighted by molar-refractivity contribution is 0.120. The van der Waals surface area contributed by atoms with E-state index in [1.165, 1.54) is 0 Å². The normalized spacial score (nSPS) is 17.4. The fraction of sp³-hybridized carbons (Fsp3) is 0.400. The van der Waals surface area contributed by atoms with Gasteiger partial charge in [-0.1, -0.05) is 23.7 Å². The first-order chi connectivity index (χ1) is 10.8. The number of aromatic nitrogens is 3. The van der Waals surface area contributed by atoms with E-state index in [0.29, 0.717) is 18.3 Å². The van der Waals surface area contributed by atoms with E-state index in [0.717, 1.165) is 36.6 Å². The highest BCUT2D eigenvalue weighted by molar-refractivity contribution is 6.30. The number of ether oxygens (including phenoxy) is 1. The van der Waals surface area contributed by atoms with Gasteiger partial charge in [0.15, 0.2) is 5.82 Å². The third-order valence-electron chi connectivity index (χ3n) is 3.46. The lowest BCUT2D eigenvalue weighted by Gasteiger charge is -2.11. The van der Waals surface area contributed by atoms with Gasteiger partial charge in [0.1, 0.15) is 0 Å². The minimum absolute atomic E-state index is 0.264. The number of halogens is 1. The Hall–Kier alpha value is -1.92. The fourth-order valence-corrected chi connectivity index (χ4v) is 2.40. The van der Waals surface area contributed by atoms with Crippen LogP contribution in [0.2, 0.25) is 5.02 Å². The lowest BCUT2D eigenvalue weighted by atomic mass is 10.2. The van der Waals surface area contributed by atoms with Crippen LogP contribution >= 0.6 is 11.6 Å². The molecule has 0 bridgehead atoms. The minimum atomic E-state index is 0.264. The average molecular weight is 320 g/mol. The van der Waals surface area contributed by atoms with Crippen LogP contribution in [-0.2, 0) is 11.3 Å². The van der Waals surface area contributed by atoms with Crippen molar-refractivity contribution >= 4 is 23.4 Å². The van der Waals surface area contributed by atoms with Crippen LogP contribution in [0.15, 0.2) is 30.5 Å². The van der Waals surface area contributed by atoms with Crippen LogP contribution < -0.4 is 10.6 Å². The van der Waals surface area contributed by atoms with E-state index in [1.807, 2.05) is 24.3 Å². The second-order valence-electron chi connectivity index (χ2n) is 5.16. The average Bonchev–Trinajstić information content (AvgIpc) is 3.06. The molecule has 0 radical (unpaired) electrons. The van der Waals surface area contributed by atoms with Gasteiger partial charge in [0, 0.05) is 24.7 Å². The minimum Gasteiger partial charge on any atom is -0.376 e. The molecule has 1 unspecified atom stereocenters. The Balaban J connectivity index is 1.52. The Morgan fingerprint density at radius 3 is 2.86 bits per heavy atom. The summed E-state index contributed by atoms with van der Waals surface area (Å²) in [6.45, 7) is 2.21. The Bertz CT molecular complexity index is 601. The molecule has 1 aliphatic heterocycles. The molecule has 3 rings (SSSR count). The zero-order valence-corrected chi connectivity index (χ0v) is 12.9. The van der Waals surface area contributed by atoms with Crippen LogP contribution in [0, 0.1) is 0 Å². The molecule has 1 aromatic carbocycles. The molecule has 0 aliphatic carbocycles. The molecule has 1 fully saturated rings. The molecule has 1 aliphatic rings. The molecule has 1 saturated heterocycles. The number of hydrogen-bond acceptors (Lipinski definition) is 6. The van der Waals surface area contributed by atoms with Gasteiger partial charge in [0.2, 0.25) is 5.95 Å². The van der Waals surface area contributed by atoms with Crippen LogP contribution in [-0.4, -0.2) is 34.4 Å². The molecule has 6 nitrogen and oxygen atoms in total. The number of nitrogens with zero attached hydrogens (tertiary/aromatic N) is 3. The summed E-state index contributed by atoms with van der Waals surface area (Å²) in [6, 6.07) is 7.64. The van der Waals surface area contributed by atoms with Crippen molar-refractivity contribution in [3.05, 3.63) is 41.0 Å². The number of anilines is 2. The lowest BCUT2D eigenvalue weighted by Crippen LogP contribution is -2.19. The largest absolute Gasteiger partial charge is 0.376 e. The summed E-state index contributed by atoms with van der Waals surface area (Å²) in [6.07, 6.45) is 4.10. The predicted molar refractivity (Wildman–Crippen MR) is 86.1 cm³/mol. The SMILES string of the molecule is Clc1ccc(CNc2nncc(NCC3CCCO3)n2)cc1. The molecule has 0 spiro atoms. The standard InChI is InChI=1S/C15H18ClN5O/c16-12-5-3-11(4-6-12)8-18-15-20-14(10-19-21-15)17-9-13-2-1-7-22-13/h3-6,10,13H,1-2,7-9H2,(H2,17,18,20,21). The third kappa shape index (κ3) is 4.29. The van der Waals surface area contributed by atoms with Crippen LogP contribution in [0.4, 0.5) is 11.8 Å². The quantitative estimate of drug-likeness (QED) is 0.853. The second kappa shape index (κ2) is 7.38. The van der Waals surface area contributed by atoms with E-state index in [4.69, 9.17) is 16.3 Å². The van der Waals surface area contributed by atoms with Gasteiger partial charge in [0.05, 0.1) is 12.3 Å². The first-order valence-electron chi connectivity index (χ1n) is 7.33. The topological polar surface area (TPSA) is 72.0 Å². The van der Waals surface area contributed by atoms with Gasteiger partial charge in [0.25, 0.3) is 0 Å². The Kier molecular flexibility index (Phi) is 5.03. The second-order valence-corrected chi connectivity index (χ2v) is 5.60. The Morgan fingerprint density at radius 1 is 1.23 bits per heavy atom. The van der Waals surface area contributed by atoms with Crippen molar-refractivity contribution in [3.63, 3.8) is 0 Å². The molecule has 116 valence electrons. The van der Waals surface area contributed by atoms with Gasteiger partial charge in [-0.2, -0.15) is 10.1 Å². The Labute approximate surface area is 134 Å². The number of nitrogens with one attached hydrogen (secondary N) is 2. The molecule has 7 heteroatoms. The van der Waals surface area contributed by atoms with Gasteiger partial charge in [-0.05, 0) is 30.5 Å². The van der Waals surface area contributed by atoms with Crippen molar-refractivity contribution in [2.24, 2.45) is 0 Å². The predicted octanol–water partition coefficient (Wildman–Crippen LogP) is 2.73. The van der Waals surface area contributed by atoms with Gasteiger partial charge >= 0.3 is 0 Å². The summed E-state index contributed by atoms with van der Waals surface area (Å²) in [5, 5.41) is 15.0. The first kappa shape index (κ1) is 15.0. The van der Waals surface area contributed by atoms with E-state index in [2.05, 4.69) is 25.8 Å². The Morgan fingerprint density at radius 2 is 2.09 bits per heavy atom. The summed E-state index contributed by atoms with van der Waals surface area (Å²) in [5.41, 5.74) is 1.10. The van der Waals surface area contributed by atoms with E-state index in [9.17, 15) is 0 Å². The molecule has 2 N–H and O–H groups in total. The van der Waals surface area contributed by atoms with Gasteiger partial charge in [-0.25, -0.2) is 0 Å². The smallest absolute Gasteiger partial charge is 0.244 e. The highest BCUT2D eigenvalue weighted by Crippen LogP contribution is 2.13. The van der Waals surface area contributed by atoms with E-state index in [1.54, 1.807) is 6.20 Å². The monoisotopic (exact) mass is 319 g/mol. The van der Waals surface area contributed by atoms with Gasteiger partial charge in [-0.3, -0.25) is 0 Å². The molecule has 2 heterocycles. The highest BCUT2D eigenvalue weighted by Gasteiger charge is 2.15. The maximum atomic E-state index is 5.86. The van der Waals surface area contributed by atoms with Gasteiger partial charge in [-0.15, -0.1) is 5.10 Å². The highest BCUT2D eigenvalue weighted by atomic mass is 35.5. The summed E-state index contributed by atoms with van der Waals surface area (Å²) < 4.78 is 5.57. The zero-order chi connectivity index (χ0) is 15.2. The summed E-state index contributed by atoms with van der Waals surface area (Å²) in [4.78, 5) is 4.39. The van der Waals surface area contributed by atoms with Crippen molar-refractivity contribution in [1.29, 1.82) is 0 Å². The molecule has 1 atom stereocenters. The van der Waals surface area contributed by atoms with Crippen molar-refractivity contribution < 1.29 is 4.74 Å². The van der Waals surface area contributed by atoms with E-state index >= 15 is 0 Å². The fourth-order valence-electron chi connectivity index (χ4n) is 2.27. The molecule has 0 amide bonds. The maximum absolute atomic E-state index is 5.86. The van der Waals surface area contributed by atoms with Crippen molar-refractivity contribution in [2.75, 3.05) is 23.8 Å². The molecular weight excluding hydrogens is 302 g/mol. The van der Waals surface area contributed by atoms with Crippen LogP contribution in [0.3, 0.4) is 0 Å². The van der Waals surface area contributed by atoms with Crippen LogP contribution in [0.5, 0.6) is 0 Å². The zero-order valence-electron chi connectivity index (χ0n) is 12.1. The molecule has 22 heavy (non-hydrogen) atoms. The van der Waals surface area contributed by atoms with Crippen LogP contribution in [0.25, 0.3) is 0 Å². The third-order valence-corrected chi connectivity index (χ3v) is 3.71. The summed E-state index contributed by atoms with van der Waals surface area (Å²) in [7, 11) is 0. The molecule has 0 saturated carbocycles. The van der Waals surface area contributed by atoms with E-state index < -0.39 is 0 Å². The van der Waals surface area contributed by atoms with E-state index in [-0.39, 0.29) is 6.10 Å². The number of rotatable bonds is 6. The van der Waals surface area contributed by atoms with Gasteiger partial charge < -0.3 is 15.4 Å². The van der Waals surface area contributed by atoms with Crippen molar-refractivity contribution in [3.8, 4) is 0 Å².